The standard InChI is InChI=1S/C22H28N4O2S/c27-20-22(12-6-1-2-7-13-22)24-21(28)26(20)15-25-14-8-5-10-17(25)19-23-16-9-3-4-11-18(16)29-19/h3-4,9,11,17H,1-2,5-8,10,12-15H2,(H,24,28)/p+1/t17-/m1/s1. The first-order valence-electron chi connectivity index (χ1n) is 11.0. The number of para-hydroxylation sites is 1. The summed E-state index contributed by atoms with van der Waals surface area (Å²) in [4.78, 5) is 33.8. The molecular formula is C22H29N4O2S+. The number of piperidine rings is 1. The van der Waals surface area contributed by atoms with Crippen LogP contribution in [0, 0.1) is 0 Å². The van der Waals surface area contributed by atoms with Crippen molar-refractivity contribution in [1.29, 1.82) is 0 Å². The molecular weight excluding hydrogens is 384 g/mol. The normalized spacial score (nSPS) is 27.4. The Morgan fingerprint density at radius 1 is 1.10 bits per heavy atom. The number of carbonyl (C=O) groups is 2. The lowest BCUT2D eigenvalue weighted by Crippen LogP contribution is -3.14. The summed E-state index contributed by atoms with van der Waals surface area (Å²) in [5.74, 6) is 0.00511. The average molecular weight is 414 g/mol. The molecule has 0 bridgehead atoms. The van der Waals surface area contributed by atoms with Crippen molar-refractivity contribution < 1.29 is 14.5 Å². The molecule has 3 amide bonds. The minimum Gasteiger partial charge on any atom is -0.323 e. The van der Waals surface area contributed by atoms with Gasteiger partial charge in [-0.3, -0.25) is 4.79 Å². The molecule has 2 aromatic rings. The summed E-state index contributed by atoms with van der Waals surface area (Å²) in [7, 11) is 0. The molecule has 6 nitrogen and oxygen atoms in total. The number of aromatic nitrogens is 1. The molecule has 7 heteroatoms. The van der Waals surface area contributed by atoms with Crippen molar-refractivity contribution in [2.24, 2.45) is 0 Å². The van der Waals surface area contributed by atoms with Crippen LogP contribution in [-0.2, 0) is 4.79 Å². The van der Waals surface area contributed by atoms with Crippen LogP contribution >= 0.6 is 11.3 Å². The zero-order chi connectivity index (χ0) is 19.8. The lowest BCUT2D eigenvalue weighted by molar-refractivity contribution is -0.943. The largest absolute Gasteiger partial charge is 0.329 e. The van der Waals surface area contributed by atoms with Gasteiger partial charge in [-0.25, -0.2) is 14.7 Å². The molecule has 3 fully saturated rings. The smallest absolute Gasteiger partial charge is 0.323 e. The van der Waals surface area contributed by atoms with Crippen LogP contribution in [0.5, 0.6) is 0 Å². The molecule has 1 aliphatic carbocycles. The summed E-state index contributed by atoms with van der Waals surface area (Å²) < 4.78 is 1.21. The number of thiazole rings is 1. The van der Waals surface area contributed by atoms with Gasteiger partial charge in [0.15, 0.2) is 11.7 Å². The van der Waals surface area contributed by atoms with Gasteiger partial charge in [0.2, 0.25) is 0 Å². The molecule has 1 spiro atoms. The minimum absolute atomic E-state index is 0.00511. The molecule has 1 aromatic carbocycles. The minimum atomic E-state index is -0.645. The van der Waals surface area contributed by atoms with E-state index in [-0.39, 0.29) is 18.0 Å². The Kier molecular flexibility index (Phi) is 5.04. The Labute approximate surface area is 175 Å². The fourth-order valence-electron chi connectivity index (χ4n) is 5.30. The third-order valence-electron chi connectivity index (χ3n) is 6.91. The van der Waals surface area contributed by atoms with E-state index in [1.165, 1.54) is 20.9 Å². The van der Waals surface area contributed by atoms with Crippen molar-refractivity contribution in [2.45, 2.75) is 69.4 Å². The fraction of sp³-hybridized carbons (Fsp3) is 0.591. The first-order chi connectivity index (χ1) is 14.2. The van der Waals surface area contributed by atoms with E-state index < -0.39 is 5.54 Å². The molecule has 0 radical (unpaired) electrons. The average Bonchev–Trinajstić information content (AvgIpc) is 3.15. The summed E-state index contributed by atoms with van der Waals surface area (Å²) in [6, 6.07) is 8.31. The van der Waals surface area contributed by atoms with Crippen LogP contribution in [0.1, 0.15) is 68.8 Å². The highest BCUT2D eigenvalue weighted by atomic mass is 32.1. The predicted molar refractivity (Wildman–Crippen MR) is 113 cm³/mol. The number of amides is 3. The van der Waals surface area contributed by atoms with E-state index in [0.29, 0.717) is 6.67 Å². The van der Waals surface area contributed by atoms with E-state index in [4.69, 9.17) is 4.98 Å². The highest BCUT2D eigenvalue weighted by molar-refractivity contribution is 7.18. The van der Waals surface area contributed by atoms with Crippen LogP contribution in [-0.4, -0.2) is 40.6 Å². The summed E-state index contributed by atoms with van der Waals surface area (Å²) in [6.07, 6.45) is 9.28. The third kappa shape index (κ3) is 3.44. The summed E-state index contributed by atoms with van der Waals surface area (Å²) in [6.45, 7) is 1.43. The number of hydrogen-bond acceptors (Lipinski definition) is 4. The highest BCUT2D eigenvalue weighted by Gasteiger charge is 2.52. The number of fused-ring (bicyclic) bond motifs is 1. The maximum Gasteiger partial charge on any atom is 0.329 e. The molecule has 5 rings (SSSR count). The number of nitrogens with one attached hydrogen (secondary N) is 2. The number of carbonyl (C=O) groups excluding carboxylic acids is 2. The van der Waals surface area contributed by atoms with Gasteiger partial charge in [-0.2, -0.15) is 0 Å². The zero-order valence-electron chi connectivity index (χ0n) is 16.8. The Morgan fingerprint density at radius 3 is 2.69 bits per heavy atom. The van der Waals surface area contributed by atoms with Crippen LogP contribution in [0.3, 0.4) is 0 Å². The molecule has 2 aliphatic heterocycles. The first kappa shape index (κ1) is 19.0. The van der Waals surface area contributed by atoms with Gasteiger partial charge in [0, 0.05) is 6.42 Å². The van der Waals surface area contributed by atoms with E-state index in [2.05, 4.69) is 23.5 Å². The molecule has 2 saturated heterocycles. The second-order valence-electron chi connectivity index (χ2n) is 8.79. The zero-order valence-corrected chi connectivity index (χ0v) is 17.6. The van der Waals surface area contributed by atoms with Gasteiger partial charge >= 0.3 is 6.03 Å². The number of hydrogen-bond donors (Lipinski definition) is 2. The van der Waals surface area contributed by atoms with E-state index in [1.807, 2.05) is 6.07 Å². The second-order valence-corrected chi connectivity index (χ2v) is 9.86. The number of likely N-dealkylation sites (tertiary alicyclic amines) is 1. The maximum absolute atomic E-state index is 13.3. The maximum atomic E-state index is 13.3. The lowest BCUT2D eigenvalue weighted by atomic mass is 9.90. The summed E-state index contributed by atoms with van der Waals surface area (Å²) in [5.41, 5.74) is 0.401. The van der Waals surface area contributed by atoms with Gasteiger partial charge in [0.05, 0.1) is 16.8 Å². The number of benzene rings is 1. The monoisotopic (exact) mass is 413 g/mol. The van der Waals surface area contributed by atoms with E-state index >= 15 is 0 Å². The van der Waals surface area contributed by atoms with Gasteiger partial charge in [-0.1, -0.05) is 37.8 Å². The Balaban J connectivity index is 1.37. The fourth-order valence-corrected chi connectivity index (χ4v) is 6.46. The first-order valence-corrected chi connectivity index (χ1v) is 11.8. The summed E-state index contributed by atoms with van der Waals surface area (Å²) in [5, 5.41) is 4.22. The van der Waals surface area contributed by atoms with Gasteiger partial charge in [0.1, 0.15) is 11.6 Å². The van der Waals surface area contributed by atoms with Gasteiger partial charge in [-0.05, 0) is 37.8 Å². The molecule has 29 heavy (non-hydrogen) atoms. The number of urea groups is 1. The number of nitrogens with zero attached hydrogens (tertiary/aromatic N) is 2. The van der Waals surface area contributed by atoms with Crippen molar-refractivity contribution in [2.75, 3.05) is 13.2 Å². The predicted octanol–water partition coefficient (Wildman–Crippen LogP) is 3.01. The quantitative estimate of drug-likeness (QED) is 0.760. The third-order valence-corrected chi connectivity index (χ3v) is 8.06. The Bertz CT molecular complexity index is 885. The molecule has 154 valence electrons. The van der Waals surface area contributed by atoms with Crippen molar-refractivity contribution in [1.82, 2.24) is 15.2 Å². The molecule has 1 aromatic heterocycles. The van der Waals surface area contributed by atoms with Gasteiger partial charge < -0.3 is 10.2 Å². The molecule has 1 saturated carbocycles. The van der Waals surface area contributed by atoms with Crippen LogP contribution in [0.25, 0.3) is 10.2 Å². The lowest BCUT2D eigenvalue weighted by Gasteiger charge is -2.33. The summed E-state index contributed by atoms with van der Waals surface area (Å²) >= 11 is 1.76. The molecule has 3 heterocycles. The van der Waals surface area contributed by atoms with Crippen molar-refractivity contribution in [3.05, 3.63) is 29.3 Å². The van der Waals surface area contributed by atoms with Crippen LogP contribution in [0.4, 0.5) is 4.79 Å². The van der Waals surface area contributed by atoms with E-state index in [9.17, 15) is 9.59 Å². The SMILES string of the molecule is O=C1NC2(CCCCCC2)C(=O)N1C[NH+]1CCCC[C@@H]1c1nc2ccccc2s1. The molecule has 2 N–H and O–H groups in total. The molecule has 3 aliphatic rings. The van der Waals surface area contributed by atoms with Crippen molar-refractivity contribution >= 4 is 33.5 Å². The van der Waals surface area contributed by atoms with Crippen LogP contribution in [0.2, 0.25) is 0 Å². The number of rotatable bonds is 3. The van der Waals surface area contributed by atoms with Gasteiger partial charge in [0.25, 0.3) is 5.91 Å². The van der Waals surface area contributed by atoms with E-state index in [1.54, 1.807) is 11.3 Å². The second kappa shape index (κ2) is 7.69. The van der Waals surface area contributed by atoms with Crippen LogP contribution in [0.15, 0.2) is 24.3 Å². The molecule has 1 unspecified atom stereocenters. The number of quaternary nitrogens is 1. The highest BCUT2D eigenvalue weighted by Crippen LogP contribution is 2.33. The van der Waals surface area contributed by atoms with Crippen LogP contribution < -0.4 is 10.2 Å². The van der Waals surface area contributed by atoms with Gasteiger partial charge in [-0.15, -0.1) is 11.3 Å². The molecule has 2 atom stereocenters. The van der Waals surface area contributed by atoms with E-state index in [0.717, 1.165) is 68.4 Å². The Hall–Kier alpha value is -1.99. The van der Waals surface area contributed by atoms with Crippen molar-refractivity contribution in [3.8, 4) is 0 Å². The Morgan fingerprint density at radius 2 is 1.90 bits per heavy atom. The number of imide groups is 1. The van der Waals surface area contributed by atoms with Crippen molar-refractivity contribution in [3.63, 3.8) is 0 Å². The topological polar surface area (TPSA) is 66.7 Å².